The van der Waals surface area contributed by atoms with Crippen LogP contribution < -0.4 is 0 Å². The Hall–Kier alpha value is -0.300. The van der Waals surface area contributed by atoms with Crippen molar-refractivity contribution in [2.24, 2.45) is 17.8 Å². The van der Waals surface area contributed by atoms with Crippen molar-refractivity contribution in [2.75, 3.05) is 0 Å². The van der Waals surface area contributed by atoms with Crippen LogP contribution in [0.25, 0.3) is 0 Å². The summed E-state index contributed by atoms with van der Waals surface area (Å²) in [5.41, 5.74) is 0. The van der Waals surface area contributed by atoms with Gasteiger partial charge in [0, 0.05) is 0 Å². The summed E-state index contributed by atoms with van der Waals surface area (Å²) in [4.78, 5) is 0. The lowest BCUT2D eigenvalue weighted by molar-refractivity contribution is 0.00637. The summed E-state index contributed by atoms with van der Waals surface area (Å²) in [5, 5.41) is 0. The predicted octanol–water partition coefficient (Wildman–Crippen LogP) is 3.16. The van der Waals surface area contributed by atoms with Gasteiger partial charge in [-0.2, -0.15) is 0 Å². The molecule has 1 heterocycles. The van der Waals surface area contributed by atoms with E-state index >= 15 is 0 Å². The van der Waals surface area contributed by atoms with Crippen molar-refractivity contribution in [3.05, 3.63) is 12.2 Å². The molecule has 0 N–H and O–H groups in total. The first-order chi connectivity index (χ1) is 6.84. The first-order valence-electron chi connectivity index (χ1n) is 6.15. The zero-order chi connectivity index (χ0) is 9.54. The van der Waals surface area contributed by atoms with Crippen LogP contribution >= 0.6 is 0 Å². The molecule has 1 heteroatoms. The van der Waals surface area contributed by atoms with Gasteiger partial charge < -0.3 is 4.74 Å². The Morgan fingerprint density at radius 3 is 2.79 bits per heavy atom. The molecule has 1 nitrogen and oxygen atoms in total. The lowest BCUT2D eigenvalue weighted by Gasteiger charge is -2.31. The fourth-order valence-corrected chi connectivity index (χ4v) is 3.64. The third kappa shape index (κ3) is 1.33. The third-order valence-electron chi connectivity index (χ3n) is 4.43. The molecule has 0 spiro atoms. The van der Waals surface area contributed by atoms with Crippen molar-refractivity contribution >= 4 is 0 Å². The largest absolute Gasteiger partial charge is 0.374 e. The Morgan fingerprint density at radius 2 is 1.86 bits per heavy atom. The summed E-state index contributed by atoms with van der Waals surface area (Å²) >= 11 is 0. The highest BCUT2D eigenvalue weighted by Crippen LogP contribution is 2.46. The van der Waals surface area contributed by atoms with Gasteiger partial charge in [0.1, 0.15) is 0 Å². The fraction of sp³-hybridized carbons (Fsp3) is 0.846. The monoisotopic (exact) mass is 192 g/mol. The lowest BCUT2D eigenvalue weighted by atomic mass is 9.72. The van der Waals surface area contributed by atoms with Gasteiger partial charge >= 0.3 is 0 Å². The Kier molecular flexibility index (Phi) is 2.16. The van der Waals surface area contributed by atoms with Gasteiger partial charge in [0.2, 0.25) is 0 Å². The maximum absolute atomic E-state index is 6.19. The van der Waals surface area contributed by atoms with Gasteiger partial charge in [-0.15, -0.1) is 0 Å². The fourth-order valence-electron chi connectivity index (χ4n) is 3.64. The van der Waals surface area contributed by atoms with Crippen LogP contribution in [-0.2, 0) is 4.74 Å². The molecule has 0 aromatic rings. The van der Waals surface area contributed by atoms with Crippen LogP contribution in [-0.4, -0.2) is 12.2 Å². The smallest absolute Gasteiger partial charge is 0.0648 e. The van der Waals surface area contributed by atoms with Gasteiger partial charge in [0.05, 0.1) is 12.2 Å². The molecule has 3 aliphatic rings. The molecule has 5 unspecified atom stereocenters. The Bertz CT molecular complexity index is 246. The Labute approximate surface area is 86.5 Å². The molecule has 0 radical (unpaired) electrons. The SMILES string of the molecule is CC1CCC2C(C1)OC1CC=CCC12. The number of ether oxygens (including phenoxy) is 1. The van der Waals surface area contributed by atoms with Gasteiger partial charge in [-0.05, 0) is 43.4 Å². The highest BCUT2D eigenvalue weighted by Gasteiger charge is 2.45. The van der Waals surface area contributed by atoms with Gasteiger partial charge in [-0.25, -0.2) is 0 Å². The molecule has 0 bridgehead atoms. The molecule has 78 valence electrons. The zero-order valence-corrected chi connectivity index (χ0v) is 8.99. The van der Waals surface area contributed by atoms with E-state index in [9.17, 15) is 0 Å². The molecule has 2 fully saturated rings. The molecule has 14 heavy (non-hydrogen) atoms. The normalized spacial score (nSPS) is 51.4. The number of fused-ring (bicyclic) bond motifs is 3. The maximum atomic E-state index is 6.19. The van der Waals surface area contributed by atoms with E-state index in [-0.39, 0.29) is 0 Å². The van der Waals surface area contributed by atoms with Gasteiger partial charge in [-0.3, -0.25) is 0 Å². The van der Waals surface area contributed by atoms with Gasteiger partial charge in [0.25, 0.3) is 0 Å². The highest BCUT2D eigenvalue weighted by atomic mass is 16.5. The molecular weight excluding hydrogens is 172 g/mol. The summed E-state index contributed by atoms with van der Waals surface area (Å²) in [6, 6.07) is 0. The molecule has 0 aromatic carbocycles. The summed E-state index contributed by atoms with van der Waals surface area (Å²) in [5.74, 6) is 2.64. The number of allylic oxidation sites excluding steroid dienone is 1. The van der Waals surface area contributed by atoms with Crippen LogP contribution in [0.4, 0.5) is 0 Å². The minimum absolute atomic E-state index is 0.570. The van der Waals surface area contributed by atoms with E-state index < -0.39 is 0 Å². The van der Waals surface area contributed by atoms with E-state index in [0.717, 1.165) is 17.8 Å². The van der Waals surface area contributed by atoms with Gasteiger partial charge in [-0.1, -0.05) is 25.5 Å². The highest BCUT2D eigenvalue weighted by molar-refractivity contribution is 5.03. The molecule has 0 aromatic heterocycles. The molecule has 5 atom stereocenters. The zero-order valence-electron chi connectivity index (χ0n) is 8.99. The van der Waals surface area contributed by atoms with E-state index in [2.05, 4.69) is 19.1 Å². The third-order valence-corrected chi connectivity index (χ3v) is 4.43. The molecule has 2 aliphatic carbocycles. The van der Waals surface area contributed by atoms with E-state index in [1.807, 2.05) is 0 Å². The topological polar surface area (TPSA) is 9.23 Å². The van der Waals surface area contributed by atoms with E-state index in [4.69, 9.17) is 4.74 Å². The minimum Gasteiger partial charge on any atom is -0.374 e. The van der Waals surface area contributed by atoms with E-state index in [0.29, 0.717) is 12.2 Å². The van der Waals surface area contributed by atoms with Crippen LogP contribution in [0.5, 0.6) is 0 Å². The second-order valence-electron chi connectivity index (χ2n) is 5.40. The molecule has 1 saturated carbocycles. The maximum Gasteiger partial charge on any atom is 0.0648 e. The number of hydrogen-bond donors (Lipinski definition) is 0. The molecule has 1 saturated heterocycles. The lowest BCUT2D eigenvalue weighted by Crippen LogP contribution is -2.28. The van der Waals surface area contributed by atoms with Crippen molar-refractivity contribution in [3.63, 3.8) is 0 Å². The van der Waals surface area contributed by atoms with Crippen molar-refractivity contribution in [1.82, 2.24) is 0 Å². The minimum atomic E-state index is 0.570. The van der Waals surface area contributed by atoms with Gasteiger partial charge in [0.15, 0.2) is 0 Å². The Balaban J connectivity index is 1.77. The first-order valence-corrected chi connectivity index (χ1v) is 6.15. The average molecular weight is 192 g/mol. The van der Waals surface area contributed by atoms with Crippen LogP contribution in [0.2, 0.25) is 0 Å². The summed E-state index contributed by atoms with van der Waals surface area (Å²) < 4.78 is 6.19. The second-order valence-corrected chi connectivity index (χ2v) is 5.40. The Morgan fingerprint density at radius 1 is 1.00 bits per heavy atom. The van der Waals surface area contributed by atoms with E-state index in [1.54, 1.807) is 0 Å². The quantitative estimate of drug-likeness (QED) is 0.536. The van der Waals surface area contributed by atoms with Crippen LogP contribution in [0, 0.1) is 17.8 Å². The van der Waals surface area contributed by atoms with E-state index in [1.165, 1.54) is 32.1 Å². The average Bonchev–Trinajstić information content (AvgIpc) is 2.54. The molecule has 3 rings (SSSR count). The van der Waals surface area contributed by atoms with Crippen molar-refractivity contribution in [1.29, 1.82) is 0 Å². The number of rotatable bonds is 0. The van der Waals surface area contributed by atoms with Crippen LogP contribution in [0.15, 0.2) is 12.2 Å². The predicted molar refractivity (Wildman–Crippen MR) is 57.0 cm³/mol. The van der Waals surface area contributed by atoms with Crippen molar-refractivity contribution in [3.8, 4) is 0 Å². The van der Waals surface area contributed by atoms with Crippen molar-refractivity contribution < 1.29 is 4.74 Å². The summed E-state index contributed by atoms with van der Waals surface area (Å²) in [7, 11) is 0. The summed E-state index contributed by atoms with van der Waals surface area (Å²) in [6.07, 6.45) is 12.5. The molecule has 1 aliphatic heterocycles. The molecular formula is C13H20O. The van der Waals surface area contributed by atoms with Crippen LogP contribution in [0.3, 0.4) is 0 Å². The summed E-state index contributed by atoms with van der Waals surface area (Å²) in [6.45, 7) is 2.37. The standard InChI is InChI=1S/C13H20O/c1-9-6-7-11-10-4-2-3-5-12(10)14-13(11)8-9/h2-3,9-13H,4-8H2,1H3. The first kappa shape index (κ1) is 8.96. The van der Waals surface area contributed by atoms with Crippen molar-refractivity contribution in [2.45, 2.75) is 51.2 Å². The molecule has 0 amide bonds. The van der Waals surface area contributed by atoms with Crippen LogP contribution in [0.1, 0.15) is 39.0 Å². The second kappa shape index (κ2) is 3.37. The number of hydrogen-bond acceptors (Lipinski definition) is 1.